The Morgan fingerprint density at radius 2 is 2.22 bits per heavy atom. The first-order chi connectivity index (χ1) is 8.47. The van der Waals surface area contributed by atoms with Gasteiger partial charge in [0.25, 0.3) is 0 Å². The molecule has 0 bridgehead atoms. The van der Waals surface area contributed by atoms with Crippen molar-refractivity contribution in [2.75, 3.05) is 6.54 Å². The third-order valence-electron chi connectivity index (χ3n) is 2.15. The Kier molecular flexibility index (Phi) is 4.54. The highest BCUT2D eigenvalue weighted by Crippen LogP contribution is 2.25. The van der Waals surface area contributed by atoms with Crippen molar-refractivity contribution in [3.8, 4) is 0 Å². The van der Waals surface area contributed by atoms with Gasteiger partial charge in [0.2, 0.25) is 10.0 Å². The summed E-state index contributed by atoms with van der Waals surface area (Å²) in [6, 6.07) is 3.31. The van der Waals surface area contributed by atoms with E-state index in [1.807, 2.05) is 12.3 Å². The fourth-order valence-electron chi connectivity index (χ4n) is 1.35. The average Bonchev–Trinajstić information content (AvgIpc) is 2.88. The zero-order valence-corrected chi connectivity index (χ0v) is 13.5. The summed E-state index contributed by atoms with van der Waals surface area (Å²) in [5.41, 5.74) is 0.924. The molecule has 0 saturated carbocycles. The van der Waals surface area contributed by atoms with E-state index in [4.69, 9.17) is 0 Å². The molecule has 0 fully saturated rings. The van der Waals surface area contributed by atoms with Gasteiger partial charge < -0.3 is 0 Å². The van der Waals surface area contributed by atoms with E-state index in [0.717, 1.165) is 14.5 Å². The molecule has 0 spiro atoms. The molecule has 98 valence electrons. The normalized spacial score (nSPS) is 11.9. The molecule has 1 N–H and O–H groups in total. The minimum absolute atomic E-state index is 0.323. The van der Waals surface area contributed by atoms with Crippen LogP contribution in [0.2, 0.25) is 0 Å². The van der Waals surface area contributed by atoms with E-state index in [1.54, 1.807) is 23.5 Å². The van der Waals surface area contributed by atoms with Crippen molar-refractivity contribution in [2.45, 2.75) is 17.6 Å². The van der Waals surface area contributed by atoms with E-state index in [-0.39, 0.29) is 0 Å². The maximum absolute atomic E-state index is 11.9. The lowest BCUT2D eigenvalue weighted by atomic mass is 10.3. The lowest BCUT2D eigenvalue weighted by molar-refractivity contribution is 0.583. The van der Waals surface area contributed by atoms with Crippen molar-refractivity contribution in [2.24, 2.45) is 0 Å². The first-order valence-electron chi connectivity index (χ1n) is 5.13. The summed E-state index contributed by atoms with van der Waals surface area (Å²) in [4.78, 5) is 4.29. The van der Waals surface area contributed by atoms with Crippen LogP contribution in [0.1, 0.15) is 10.7 Å². The molecule has 0 aromatic carbocycles. The van der Waals surface area contributed by atoms with Crippen molar-refractivity contribution >= 4 is 48.6 Å². The topological polar surface area (TPSA) is 59.1 Å². The van der Waals surface area contributed by atoms with Crippen LogP contribution in [-0.2, 0) is 16.4 Å². The van der Waals surface area contributed by atoms with Crippen molar-refractivity contribution in [1.82, 2.24) is 9.71 Å². The van der Waals surface area contributed by atoms with Crippen LogP contribution in [0, 0.1) is 6.92 Å². The van der Waals surface area contributed by atoms with Gasteiger partial charge in [-0.3, -0.25) is 0 Å². The maximum Gasteiger partial charge on any atom is 0.250 e. The van der Waals surface area contributed by atoms with E-state index >= 15 is 0 Å². The SMILES string of the molecule is Cc1nc(CCNS(=O)(=O)c2ccc(Br)s2)cs1. The Morgan fingerprint density at radius 1 is 1.44 bits per heavy atom. The number of thiazole rings is 1. The van der Waals surface area contributed by atoms with Crippen LogP contribution < -0.4 is 4.72 Å². The summed E-state index contributed by atoms with van der Waals surface area (Å²) in [5, 5.41) is 2.95. The molecule has 0 aliphatic rings. The number of hydrogen-bond donors (Lipinski definition) is 1. The van der Waals surface area contributed by atoms with Crippen LogP contribution in [0.5, 0.6) is 0 Å². The Balaban J connectivity index is 1.93. The highest BCUT2D eigenvalue weighted by molar-refractivity contribution is 9.11. The Labute approximate surface area is 122 Å². The van der Waals surface area contributed by atoms with Crippen LogP contribution in [0.25, 0.3) is 0 Å². The van der Waals surface area contributed by atoms with Gasteiger partial charge in [-0.2, -0.15) is 0 Å². The summed E-state index contributed by atoms with van der Waals surface area (Å²) in [6.45, 7) is 2.29. The molecule has 0 aliphatic heterocycles. The number of rotatable bonds is 5. The zero-order chi connectivity index (χ0) is 13.2. The molecular weight excluding hydrogens is 356 g/mol. The monoisotopic (exact) mass is 366 g/mol. The molecule has 2 rings (SSSR count). The zero-order valence-electron chi connectivity index (χ0n) is 9.51. The first kappa shape index (κ1) is 14.1. The number of nitrogens with one attached hydrogen (secondary N) is 1. The van der Waals surface area contributed by atoms with Gasteiger partial charge in [-0.1, -0.05) is 0 Å². The molecule has 2 aromatic heterocycles. The molecule has 4 nitrogen and oxygen atoms in total. The molecule has 18 heavy (non-hydrogen) atoms. The summed E-state index contributed by atoms with van der Waals surface area (Å²) in [5.74, 6) is 0. The van der Waals surface area contributed by atoms with Crippen LogP contribution in [0.15, 0.2) is 25.5 Å². The first-order valence-corrected chi connectivity index (χ1v) is 9.10. The predicted molar refractivity (Wildman–Crippen MR) is 77.8 cm³/mol. The van der Waals surface area contributed by atoms with E-state index in [0.29, 0.717) is 17.2 Å². The Hall–Kier alpha value is -0.280. The minimum atomic E-state index is -3.39. The number of sulfonamides is 1. The fraction of sp³-hybridized carbons (Fsp3) is 0.300. The quantitative estimate of drug-likeness (QED) is 0.884. The third-order valence-corrected chi connectivity index (χ3v) is 6.55. The van der Waals surface area contributed by atoms with Gasteiger partial charge in [0.1, 0.15) is 4.21 Å². The summed E-state index contributed by atoms with van der Waals surface area (Å²) < 4.78 is 27.5. The molecule has 0 unspecified atom stereocenters. The second kappa shape index (κ2) is 5.79. The van der Waals surface area contributed by atoms with Gasteiger partial charge in [0, 0.05) is 18.3 Å². The van der Waals surface area contributed by atoms with Gasteiger partial charge in [-0.05, 0) is 35.0 Å². The number of aryl methyl sites for hydroxylation is 1. The van der Waals surface area contributed by atoms with E-state index in [2.05, 4.69) is 25.6 Å². The molecule has 0 saturated heterocycles. The van der Waals surface area contributed by atoms with Gasteiger partial charge in [0.05, 0.1) is 14.5 Å². The summed E-state index contributed by atoms with van der Waals surface area (Å²) in [6.07, 6.45) is 0.607. The van der Waals surface area contributed by atoms with Crippen molar-refractivity contribution in [1.29, 1.82) is 0 Å². The smallest absolute Gasteiger partial charge is 0.247 e. The molecule has 2 heterocycles. The molecule has 8 heteroatoms. The van der Waals surface area contributed by atoms with Crippen LogP contribution in [0.4, 0.5) is 0 Å². The maximum atomic E-state index is 11.9. The van der Waals surface area contributed by atoms with Gasteiger partial charge in [-0.25, -0.2) is 18.1 Å². The van der Waals surface area contributed by atoms with Gasteiger partial charge in [0.15, 0.2) is 0 Å². The molecule has 0 aliphatic carbocycles. The van der Waals surface area contributed by atoms with E-state index in [1.165, 1.54) is 11.3 Å². The van der Waals surface area contributed by atoms with Gasteiger partial charge in [-0.15, -0.1) is 22.7 Å². The largest absolute Gasteiger partial charge is 0.250 e. The fourth-order valence-corrected chi connectivity index (χ4v) is 5.08. The highest BCUT2D eigenvalue weighted by atomic mass is 79.9. The van der Waals surface area contributed by atoms with Gasteiger partial charge >= 0.3 is 0 Å². The van der Waals surface area contributed by atoms with E-state index in [9.17, 15) is 8.42 Å². The number of thiophene rings is 1. The molecular formula is C10H11BrN2O2S3. The van der Waals surface area contributed by atoms with Crippen molar-refractivity contribution in [3.05, 3.63) is 32.0 Å². The van der Waals surface area contributed by atoms with Crippen LogP contribution >= 0.6 is 38.6 Å². The van der Waals surface area contributed by atoms with Crippen molar-refractivity contribution in [3.63, 3.8) is 0 Å². The number of hydrogen-bond acceptors (Lipinski definition) is 5. The van der Waals surface area contributed by atoms with Crippen LogP contribution in [0.3, 0.4) is 0 Å². The standard InChI is InChI=1S/C10H11BrN2O2S3/c1-7-13-8(6-16-7)4-5-12-18(14,15)10-3-2-9(11)17-10/h2-3,6,12H,4-5H2,1H3. The summed E-state index contributed by atoms with van der Waals surface area (Å²) >= 11 is 6.02. The van der Waals surface area contributed by atoms with Crippen LogP contribution in [-0.4, -0.2) is 19.9 Å². The van der Waals surface area contributed by atoms with E-state index < -0.39 is 10.0 Å². The Bertz CT molecular complexity index is 633. The lowest BCUT2D eigenvalue weighted by Crippen LogP contribution is -2.25. The lowest BCUT2D eigenvalue weighted by Gasteiger charge is -2.02. The highest BCUT2D eigenvalue weighted by Gasteiger charge is 2.15. The molecule has 0 atom stereocenters. The number of halogens is 1. The molecule has 2 aromatic rings. The minimum Gasteiger partial charge on any atom is -0.247 e. The molecule has 0 amide bonds. The molecule has 0 radical (unpaired) electrons. The third kappa shape index (κ3) is 3.61. The predicted octanol–water partition coefficient (Wildman–Crippen LogP) is 2.80. The second-order valence-electron chi connectivity index (χ2n) is 3.56. The summed E-state index contributed by atoms with van der Waals surface area (Å²) in [7, 11) is -3.39. The average molecular weight is 367 g/mol. The number of nitrogens with zero attached hydrogens (tertiary/aromatic N) is 1. The second-order valence-corrected chi connectivity index (χ2v) is 9.08. The van der Waals surface area contributed by atoms with Crippen molar-refractivity contribution < 1.29 is 8.42 Å². The number of aromatic nitrogens is 1. The Morgan fingerprint density at radius 3 is 2.78 bits per heavy atom.